The molecule has 0 amide bonds. The van der Waals surface area contributed by atoms with E-state index >= 15 is 0 Å². The van der Waals surface area contributed by atoms with E-state index in [9.17, 15) is 14.7 Å². The summed E-state index contributed by atoms with van der Waals surface area (Å²) in [7, 11) is 0. The Balaban J connectivity index is 1.62. The first kappa shape index (κ1) is 22.3. The Morgan fingerprint density at radius 1 is 1.00 bits per heavy atom. The average Bonchev–Trinajstić information content (AvgIpc) is 3.16. The van der Waals surface area contributed by atoms with Crippen molar-refractivity contribution >= 4 is 22.8 Å². The summed E-state index contributed by atoms with van der Waals surface area (Å²) in [6, 6.07) is 22.6. The van der Waals surface area contributed by atoms with Gasteiger partial charge in [-0.05, 0) is 57.0 Å². The van der Waals surface area contributed by atoms with E-state index in [1.165, 1.54) is 13.8 Å². The molecule has 0 atom stereocenters. The molecule has 0 fully saturated rings. The van der Waals surface area contributed by atoms with Crippen molar-refractivity contribution in [3.63, 3.8) is 0 Å². The second kappa shape index (κ2) is 8.90. The van der Waals surface area contributed by atoms with Crippen LogP contribution in [0.4, 0.5) is 0 Å². The molecule has 4 aromatic rings. The molecule has 1 aromatic heterocycles. The SMILES string of the molecule is Cc1ccc(C(=O)c2nc3ccccc3n2CCc2cccc(OC(C)(C)C(=O)O)c2)cc1. The molecule has 0 spiro atoms. The molecule has 1 N–H and O–H groups in total. The van der Waals surface area contributed by atoms with Crippen LogP contribution in [-0.2, 0) is 17.8 Å². The predicted octanol–water partition coefficient (Wildman–Crippen LogP) is 5.06. The van der Waals surface area contributed by atoms with Crippen LogP contribution in [0, 0.1) is 6.92 Å². The molecule has 33 heavy (non-hydrogen) atoms. The molecule has 4 rings (SSSR count). The smallest absolute Gasteiger partial charge is 0.347 e. The largest absolute Gasteiger partial charge is 0.478 e. The molecule has 0 saturated heterocycles. The number of hydrogen-bond acceptors (Lipinski definition) is 4. The molecule has 1 heterocycles. The number of hydrogen-bond donors (Lipinski definition) is 1. The third-order valence-corrected chi connectivity index (χ3v) is 5.58. The minimum Gasteiger partial charge on any atom is -0.478 e. The molecule has 0 aliphatic heterocycles. The minimum atomic E-state index is -1.33. The minimum absolute atomic E-state index is 0.119. The van der Waals surface area contributed by atoms with Crippen LogP contribution in [0.15, 0.2) is 72.8 Å². The van der Waals surface area contributed by atoms with E-state index in [0.717, 1.165) is 22.2 Å². The van der Waals surface area contributed by atoms with Crippen LogP contribution in [0.2, 0.25) is 0 Å². The lowest BCUT2D eigenvalue weighted by atomic mass is 10.1. The van der Waals surface area contributed by atoms with Crippen LogP contribution >= 0.6 is 0 Å². The van der Waals surface area contributed by atoms with Crippen molar-refractivity contribution < 1.29 is 19.4 Å². The summed E-state index contributed by atoms with van der Waals surface area (Å²) < 4.78 is 7.62. The third-order valence-electron chi connectivity index (χ3n) is 5.58. The van der Waals surface area contributed by atoms with Crippen LogP contribution in [0.25, 0.3) is 11.0 Å². The summed E-state index contributed by atoms with van der Waals surface area (Å²) in [5.74, 6) is -0.255. The van der Waals surface area contributed by atoms with E-state index in [0.29, 0.717) is 30.1 Å². The van der Waals surface area contributed by atoms with Crippen molar-refractivity contribution in [2.75, 3.05) is 0 Å². The Morgan fingerprint density at radius 3 is 2.45 bits per heavy atom. The second-order valence-electron chi connectivity index (χ2n) is 8.59. The fourth-order valence-corrected chi connectivity index (χ4v) is 3.65. The highest BCUT2D eigenvalue weighted by atomic mass is 16.5. The van der Waals surface area contributed by atoms with Gasteiger partial charge in [-0.1, -0.05) is 54.1 Å². The van der Waals surface area contributed by atoms with Crippen molar-refractivity contribution in [1.29, 1.82) is 0 Å². The molecule has 168 valence electrons. The summed E-state index contributed by atoms with van der Waals surface area (Å²) in [5.41, 5.74) is 3.00. The number of carbonyl (C=O) groups is 2. The van der Waals surface area contributed by atoms with E-state index in [1.54, 1.807) is 6.07 Å². The first-order valence-corrected chi connectivity index (χ1v) is 10.8. The number of aromatic nitrogens is 2. The fourth-order valence-electron chi connectivity index (χ4n) is 3.65. The van der Waals surface area contributed by atoms with Crippen LogP contribution in [0.5, 0.6) is 5.75 Å². The maximum atomic E-state index is 13.3. The van der Waals surface area contributed by atoms with Gasteiger partial charge in [0.25, 0.3) is 0 Å². The number of aryl methyl sites for hydroxylation is 3. The fraction of sp³-hybridized carbons (Fsp3) is 0.222. The molecule has 6 heteroatoms. The Labute approximate surface area is 192 Å². The van der Waals surface area contributed by atoms with Crippen LogP contribution < -0.4 is 4.74 Å². The number of benzene rings is 3. The van der Waals surface area contributed by atoms with Crippen molar-refractivity contribution in [2.24, 2.45) is 0 Å². The molecular weight excluding hydrogens is 416 g/mol. The van der Waals surface area contributed by atoms with Crippen molar-refractivity contribution in [1.82, 2.24) is 9.55 Å². The zero-order chi connectivity index (χ0) is 23.6. The van der Waals surface area contributed by atoms with Crippen molar-refractivity contribution in [3.8, 4) is 5.75 Å². The van der Waals surface area contributed by atoms with Gasteiger partial charge in [-0.25, -0.2) is 9.78 Å². The monoisotopic (exact) mass is 442 g/mol. The lowest BCUT2D eigenvalue weighted by molar-refractivity contribution is -0.152. The Kier molecular flexibility index (Phi) is 6.01. The highest BCUT2D eigenvalue weighted by molar-refractivity contribution is 6.08. The number of rotatable bonds is 8. The number of aliphatic carboxylic acids is 1. The number of ether oxygens (including phenoxy) is 1. The van der Waals surface area contributed by atoms with Gasteiger partial charge >= 0.3 is 5.97 Å². The van der Waals surface area contributed by atoms with Gasteiger partial charge in [-0.2, -0.15) is 0 Å². The predicted molar refractivity (Wildman–Crippen MR) is 127 cm³/mol. The number of nitrogens with zero attached hydrogens (tertiary/aromatic N) is 2. The van der Waals surface area contributed by atoms with Gasteiger partial charge in [0.1, 0.15) is 5.75 Å². The maximum absolute atomic E-state index is 13.3. The summed E-state index contributed by atoms with van der Waals surface area (Å²) in [5, 5.41) is 9.33. The van der Waals surface area contributed by atoms with E-state index < -0.39 is 11.6 Å². The Morgan fingerprint density at radius 2 is 1.73 bits per heavy atom. The van der Waals surface area contributed by atoms with E-state index in [2.05, 4.69) is 4.98 Å². The van der Waals surface area contributed by atoms with Gasteiger partial charge in [0.05, 0.1) is 11.0 Å². The quantitative estimate of drug-likeness (QED) is 0.386. The van der Waals surface area contributed by atoms with Crippen molar-refractivity contribution in [2.45, 2.75) is 39.3 Å². The van der Waals surface area contributed by atoms with Crippen LogP contribution in [-0.4, -0.2) is 32.0 Å². The summed E-state index contributed by atoms with van der Waals surface area (Å²) >= 11 is 0. The van der Waals surface area contributed by atoms with Gasteiger partial charge in [0.2, 0.25) is 5.78 Å². The third kappa shape index (κ3) is 4.80. The molecule has 6 nitrogen and oxygen atoms in total. The molecular formula is C27H26N2O4. The average molecular weight is 443 g/mol. The Bertz CT molecular complexity index is 1320. The summed E-state index contributed by atoms with van der Waals surface area (Å²) in [6.45, 7) is 5.56. The van der Waals surface area contributed by atoms with Gasteiger partial charge < -0.3 is 14.4 Å². The van der Waals surface area contributed by atoms with E-state index in [4.69, 9.17) is 4.74 Å². The molecule has 0 aliphatic rings. The van der Waals surface area contributed by atoms with Gasteiger partial charge in [0.15, 0.2) is 11.4 Å². The number of ketones is 1. The number of carboxylic acid groups (broad SMARTS) is 1. The second-order valence-corrected chi connectivity index (χ2v) is 8.59. The molecule has 0 saturated carbocycles. The summed E-state index contributed by atoms with van der Waals surface area (Å²) in [6.07, 6.45) is 0.624. The zero-order valence-corrected chi connectivity index (χ0v) is 18.9. The lowest BCUT2D eigenvalue weighted by Crippen LogP contribution is -2.37. The van der Waals surface area contributed by atoms with Gasteiger partial charge in [0, 0.05) is 12.1 Å². The topological polar surface area (TPSA) is 81.4 Å². The van der Waals surface area contributed by atoms with Gasteiger partial charge in [-0.15, -0.1) is 0 Å². The standard InChI is InChI=1S/C27H26N2O4/c1-18-11-13-20(14-12-18)24(30)25-28-22-9-4-5-10-23(22)29(25)16-15-19-7-6-8-21(17-19)33-27(2,3)26(31)32/h4-14,17H,15-16H2,1-3H3,(H,31,32). The van der Waals surface area contributed by atoms with Gasteiger partial charge in [-0.3, -0.25) is 4.79 Å². The van der Waals surface area contributed by atoms with Crippen LogP contribution in [0.3, 0.4) is 0 Å². The zero-order valence-electron chi connectivity index (χ0n) is 18.9. The lowest BCUT2D eigenvalue weighted by Gasteiger charge is -2.21. The Hall–Kier alpha value is -3.93. The highest BCUT2D eigenvalue weighted by Gasteiger charge is 2.29. The molecule has 0 bridgehead atoms. The normalized spacial score (nSPS) is 11.5. The number of para-hydroxylation sites is 2. The molecule has 0 aliphatic carbocycles. The summed E-state index contributed by atoms with van der Waals surface area (Å²) in [4.78, 5) is 29.3. The number of fused-ring (bicyclic) bond motifs is 1. The highest BCUT2D eigenvalue weighted by Crippen LogP contribution is 2.23. The van der Waals surface area contributed by atoms with E-state index in [-0.39, 0.29) is 5.78 Å². The van der Waals surface area contributed by atoms with Crippen LogP contribution in [0.1, 0.15) is 41.2 Å². The number of carboxylic acids is 1. The first-order chi connectivity index (χ1) is 15.7. The number of carbonyl (C=O) groups excluding carboxylic acids is 1. The number of imidazole rings is 1. The van der Waals surface area contributed by atoms with Crippen molar-refractivity contribution in [3.05, 3.63) is 95.3 Å². The van der Waals surface area contributed by atoms with E-state index in [1.807, 2.05) is 78.2 Å². The molecule has 0 unspecified atom stereocenters. The molecule has 0 radical (unpaired) electrons. The first-order valence-electron chi connectivity index (χ1n) is 10.8. The maximum Gasteiger partial charge on any atom is 0.347 e. The molecule has 3 aromatic carbocycles.